The van der Waals surface area contributed by atoms with E-state index in [1.54, 1.807) is 13.2 Å². The number of nitrogens with zero attached hydrogens (tertiary/aromatic N) is 1. The normalized spacial score (nSPS) is 20.7. The van der Waals surface area contributed by atoms with Crippen LogP contribution in [0.25, 0.3) is 0 Å². The third-order valence-electron chi connectivity index (χ3n) is 3.90. The van der Waals surface area contributed by atoms with Gasteiger partial charge < -0.3 is 20.5 Å². The zero-order chi connectivity index (χ0) is 16.3. The van der Waals surface area contributed by atoms with Gasteiger partial charge in [-0.25, -0.2) is 4.79 Å². The molecule has 1 amide bonds. The predicted molar refractivity (Wildman–Crippen MR) is 84.8 cm³/mol. The smallest absolute Gasteiger partial charge is 0.416 e. The van der Waals surface area contributed by atoms with Crippen LogP contribution in [0.15, 0.2) is 23.2 Å². The number of allylic oxidation sites excluding steroid dienone is 1. The van der Waals surface area contributed by atoms with E-state index >= 15 is 0 Å². The third-order valence-corrected chi connectivity index (χ3v) is 3.90. The third kappa shape index (κ3) is 3.94. The van der Waals surface area contributed by atoms with E-state index in [9.17, 15) is 4.79 Å². The van der Waals surface area contributed by atoms with E-state index < -0.39 is 11.7 Å². The Balaban J connectivity index is 2.19. The molecule has 22 heavy (non-hydrogen) atoms. The second-order valence-corrected chi connectivity index (χ2v) is 6.75. The molecule has 6 nitrogen and oxygen atoms in total. The minimum absolute atomic E-state index is 0.365. The average Bonchev–Trinajstić information content (AvgIpc) is 2.45. The highest BCUT2D eigenvalue weighted by Crippen LogP contribution is 2.30. The molecule has 6 heteroatoms. The van der Waals surface area contributed by atoms with Gasteiger partial charge in [0.15, 0.2) is 0 Å². The average molecular weight is 309 g/mol. The first-order chi connectivity index (χ1) is 10.3. The summed E-state index contributed by atoms with van der Waals surface area (Å²) in [5.41, 5.74) is 6.60. The number of carbonyl (C=O) groups excluding carboxylic acids is 1. The predicted octanol–water partition coefficient (Wildman–Crippen LogP) is 1.94. The Labute approximate surface area is 132 Å². The molecule has 3 N–H and O–H groups in total. The number of carbonyl (C=O) groups is 1. The summed E-state index contributed by atoms with van der Waals surface area (Å²) in [4.78, 5) is 13.8. The summed E-state index contributed by atoms with van der Waals surface area (Å²) in [5, 5.41) is 3.35. The second kappa shape index (κ2) is 6.60. The molecule has 2 rings (SSSR count). The lowest BCUT2D eigenvalue weighted by Crippen LogP contribution is -2.43. The lowest BCUT2D eigenvalue weighted by Gasteiger charge is -2.34. The SMILES string of the molecule is COC1=C(C2CCNCC2)CN(C(=O)OC(C)(C)C)C(N)=C1. The highest BCUT2D eigenvalue weighted by atomic mass is 16.6. The Bertz CT molecular complexity index is 485. The fourth-order valence-electron chi connectivity index (χ4n) is 2.82. The zero-order valence-corrected chi connectivity index (χ0v) is 13.9. The van der Waals surface area contributed by atoms with Gasteiger partial charge >= 0.3 is 6.09 Å². The number of nitrogens with one attached hydrogen (secondary N) is 1. The molecule has 0 spiro atoms. The van der Waals surface area contributed by atoms with Crippen LogP contribution in [0.4, 0.5) is 4.79 Å². The van der Waals surface area contributed by atoms with Crippen molar-refractivity contribution >= 4 is 6.09 Å². The summed E-state index contributed by atoms with van der Waals surface area (Å²) < 4.78 is 10.9. The zero-order valence-electron chi connectivity index (χ0n) is 13.9. The number of hydrogen-bond donors (Lipinski definition) is 2. The van der Waals surface area contributed by atoms with Crippen molar-refractivity contribution in [3.63, 3.8) is 0 Å². The number of amides is 1. The van der Waals surface area contributed by atoms with Gasteiger partial charge in [-0.1, -0.05) is 0 Å². The first kappa shape index (κ1) is 16.7. The van der Waals surface area contributed by atoms with Gasteiger partial charge in [-0.05, 0) is 58.2 Å². The van der Waals surface area contributed by atoms with Gasteiger partial charge in [0.1, 0.15) is 17.2 Å². The first-order valence-electron chi connectivity index (χ1n) is 7.77. The lowest BCUT2D eigenvalue weighted by molar-refractivity contribution is 0.0313. The van der Waals surface area contributed by atoms with E-state index in [0.717, 1.165) is 37.3 Å². The van der Waals surface area contributed by atoms with Gasteiger partial charge in [-0.15, -0.1) is 0 Å². The Morgan fingerprint density at radius 3 is 2.55 bits per heavy atom. The summed E-state index contributed by atoms with van der Waals surface area (Å²) in [6.07, 6.45) is 3.39. The number of methoxy groups -OCH3 is 1. The van der Waals surface area contributed by atoms with E-state index in [-0.39, 0.29) is 0 Å². The molecule has 0 aromatic rings. The topological polar surface area (TPSA) is 76.8 Å². The maximum Gasteiger partial charge on any atom is 0.416 e. The van der Waals surface area contributed by atoms with Crippen molar-refractivity contribution in [2.75, 3.05) is 26.7 Å². The molecule has 2 aliphatic rings. The molecule has 2 heterocycles. The van der Waals surface area contributed by atoms with Crippen molar-refractivity contribution in [1.82, 2.24) is 10.2 Å². The molecule has 2 aliphatic heterocycles. The summed E-state index contributed by atoms with van der Waals surface area (Å²) in [5.74, 6) is 1.55. The lowest BCUT2D eigenvalue weighted by atomic mass is 9.87. The highest BCUT2D eigenvalue weighted by molar-refractivity contribution is 5.71. The van der Waals surface area contributed by atoms with Gasteiger partial charge in [-0.3, -0.25) is 4.90 Å². The minimum atomic E-state index is -0.544. The highest BCUT2D eigenvalue weighted by Gasteiger charge is 2.32. The summed E-state index contributed by atoms with van der Waals surface area (Å²) in [6, 6.07) is 0. The van der Waals surface area contributed by atoms with Gasteiger partial charge in [0.25, 0.3) is 0 Å². The number of ether oxygens (including phenoxy) is 2. The maximum atomic E-state index is 12.4. The Morgan fingerprint density at radius 1 is 1.36 bits per heavy atom. The molecule has 0 aromatic carbocycles. The first-order valence-corrected chi connectivity index (χ1v) is 7.77. The van der Waals surface area contributed by atoms with E-state index in [0.29, 0.717) is 18.3 Å². The molecular weight excluding hydrogens is 282 g/mol. The van der Waals surface area contributed by atoms with Crippen LogP contribution in [-0.4, -0.2) is 43.3 Å². The van der Waals surface area contributed by atoms with Gasteiger partial charge in [0, 0.05) is 6.08 Å². The number of rotatable bonds is 2. The summed E-state index contributed by atoms with van der Waals surface area (Å²) >= 11 is 0. The molecule has 0 bridgehead atoms. The fraction of sp³-hybridized carbons (Fsp3) is 0.688. The summed E-state index contributed by atoms with van der Waals surface area (Å²) in [6.45, 7) is 7.94. The monoisotopic (exact) mass is 309 g/mol. The number of hydrogen-bond acceptors (Lipinski definition) is 5. The van der Waals surface area contributed by atoms with Crippen molar-refractivity contribution in [2.24, 2.45) is 11.7 Å². The molecule has 1 saturated heterocycles. The summed E-state index contributed by atoms with van der Waals surface area (Å²) in [7, 11) is 1.64. The van der Waals surface area contributed by atoms with Gasteiger partial charge in [0.05, 0.1) is 13.7 Å². The van der Waals surface area contributed by atoms with E-state index in [2.05, 4.69) is 5.32 Å². The Kier molecular flexibility index (Phi) is 5.01. The Hall–Kier alpha value is -1.69. The van der Waals surface area contributed by atoms with Crippen LogP contribution in [0.5, 0.6) is 0 Å². The van der Waals surface area contributed by atoms with Crippen molar-refractivity contribution in [2.45, 2.75) is 39.2 Å². The van der Waals surface area contributed by atoms with Crippen LogP contribution in [0.3, 0.4) is 0 Å². The van der Waals surface area contributed by atoms with Crippen molar-refractivity contribution in [3.8, 4) is 0 Å². The number of piperidine rings is 1. The van der Waals surface area contributed by atoms with Crippen LogP contribution in [-0.2, 0) is 9.47 Å². The molecule has 0 saturated carbocycles. The molecule has 0 atom stereocenters. The molecule has 0 unspecified atom stereocenters. The van der Waals surface area contributed by atoms with Gasteiger partial charge in [0.2, 0.25) is 0 Å². The quantitative estimate of drug-likeness (QED) is 0.815. The number of nitrogens with two attached hydrogens (primary N) is 1. The molecule has 124 valence electrons. The second-order valence-electron chi connectivity index (χ2n) is 6.75. The van der Waals surface area contributed by atoms with Crippen molar-refractivity contribution in [3.05, 3.63) is 23.2 Å². The fourth-order valence-corrected chi connectivity index (χ4v) is 2.82. The van der Waals surface area contributed by atoms with Crippen LogP contribution in [0.1, 0.15) is 33.6 Å². The maximum absolute atomic E-state index is 12.4. The van der Waals surface area contributed by atoms with Crippen molar-refractivity contribution in [1.29, 1.82) is 0 Å². The Morgan fingerprint density at radius 2 is 2.00 bits per heavy atom. The van der Waals surface area contributed by atoms with E-state index in [4.69, 9.17) is 15.2 Å². The molecule has 0 aromatic heterocycles. The van der Waals surface area contributed by atoms with Crippen LogP contribution >= 0.6 is 0 Å². The minimum Gasteiger partial charge on any atom is -0.497 e. The standard InChI is InChI=1S/C16H27N3O3/c1-16(2,3)22-15(20)19-10-12(11-5-7-18-8-6-11)13(21-4)9-14(19)17/h9,11,18H,5-8,10,17H2,1-4H3. The largest absolute Gasteiger partial charge is 0.497 e. The van der Waals surface area contributed by atoms with E-state index in [1.807, 2.05) is 20.8 Å². The van der Waals surface area contributed by atoms with Crippen LogP contribution < -0.4 is 11.1 Å². The van der Waals surface area contributed by atoms with Crippen molar-refractivity contribution < 1.29 is 14.3 Å². The molecule has 0 aliphatic carbocycles. The molecular formula is C16H27N3O3. The molecule has 0 radical (unpaired) electrons. The van der Waals surface area contributed by atoms with E-state index in [1.165, 1.54) is 4.90 Å². The van der Waals surface area contributed by atoms with Crippen LogP contribution in [0, 0.1) is 5.92 Å². The van der Waals surface area contributed by atoms with Crippen LogP contribution in [0.2, 0.25) is 0 Å². The van der Waals surface area contributed by atoms with Gasteiger partial charge in [-0.2, -0.15) is 0 Å². The molecule has 1 fully saturated rings.